The zero-order valence-corrected chi connectivity index (χ0v) is 10.7. The molecule has 2 rings (SSSR count). The van der Waals surface area contributed by atoms with Gasteiger partial charge in [-0.15, -0.1) is 11.6 Å². The number of anilines is 1. The standard InChI is InChI=1S/C13H19ClN2/c1-3-12-5-4-10(2)16(12)13-8-11(9-14)6-7-15-13/h6-8,10,12H,3-5,9H2,1-2H3. The van der Waals surface area contributed by atoms with E-state index < -0.39 is 0 Å². The van der Waals surface area contributed by atoms with E-state index in [0.717, 1.165) is 11.4 Å². The van der Waals surface area contributed by atoms with E-state index in [-0.39, 0.29) is 0 Å². The molecule has 1 aromatic heterocycles. The first-order valence-electron chi connectivity index (χ1n) is 6.05. The Morgan fingerprint density at radius 1 is 1.50 bits per heavy atom. The average molecular weight is 239 g/mol. The Morgan fingerprint density at radius 2 is 2.31 bits per heavy atom. The smallest absolute Gasteiger partial charge is 0.129 e. The maximum Gasteiger partial charge on any atom is 0.129 e. The fourth-order valence-corrected chi connectivity index (χ4v) is 2.74. The van der Waals surface area contributed by atoms with Crippen LogP contribution in [0.2, 0.25) is 0 Å². The Labute approximate surface area is 103 Å². The summed E-state index contributed by atoms with van der Waals surface area (Å²) in [6, 6.07) is 5.35. The Bertz CT molecular complexity index is 354. The van der Waals surface area contributed by atoms with Crippen LogP contribution in [-0.4, -0.2) is 17.1 Å². The fourth-order valence-electron chi connectivity index (χ4n) is 2.57. The van der Waals surface area contributed by atoms with E-state index in [1.54, 1.807) is 0 Å². The average Bonchev–Trinajstić information content (AvgIpc) is 2.70. The van der Waals surface area contributed by atoms with Crippen LogP contribution in [0.4, 0.5) is 5.82 Å². The van der Waals surface area contributed by atoms with Crippen LogP contribution in [0.3, 0.4) is 0 Å². The van der Waals surface area contributed by atoms with E-state index in [1.165, 1.54) is 19.3 Å². The lowest BCUT2D eigenvalue weighted by atomic mass is 10.1. The van der Waals surface area contributed by atoms with E-state index in [1.807, 2.05) is 12.3 Å². The first-order chi connectivity index (χ1) is 7.76. The van der Waals surface area contributed by atoms with Gasteiger partial charge in [-0.3, -0.25) is 0 Å². The lowest BCUT2D eigenvalue weighted by Gasteiger charge is -2.29. The van der Waals surface area contributed by atoms with Crippen LogP contribution in [0.15, 0.2) is 18.3 Å². The van der Waals surface area contributed by atoms with Gasteiger partial charge in [0.05, 0.1) is 0 Å². The molecule has 0 spiro atoms. The van der Waals surface area contributed by atoms with Crippen LogP contribution in [0, 0.1) is 0 Å². The molecule has 2 unspecified atom stereocenters. The monoisotopic (exact) mass is 238 g/mol. The third kappa shape index (κ3) is 2.17. The molecule has 0 radical (unpaired) electrons. The summed E-state index contributed by atoms with van der Waals surface area (Å²) in [7, 11) is 0. The Morgan fingerprint density at radius 3 is 3.00 bits per heavy atom. The van der Waals surface area contributed by atoms with Crippen molar-refractivity contribution in [1.82, 2.24) is 4.98 Å². The number of hydrogen-bond acceptors (Lipinski definition) is 2. The predicted molar refractivity (Wildman–Crippen MR) is 69.0 cm³/mol. The summed E-state index contributed by atoms with van der Waals surface area (Å²) < 4.78 is 0. The van der Waals surface area contributed by atoms with Crippen LogP contribution < -0.4 is 4.90 Å². The number of aromatic nitrogens is 1. The molecule has 1 saturated heterocycles. The number of halogens is 1. The maximum atomic E-state index is 5.87. The highest BCUT2D eigenvalue weighted by Gasteiger charge is 2.30. The van der Waals surface area contributed by atoms with Gasteiger partial charge in [0.1, 0.15) is 5.82 Å². The minimum absolute atomic E-state index is 0.564. The normalized spacial score (nSPS) is 25.1. The van der Waals surface area contributed by atoms with Gasteiger partial charge in [-0.05, 0) is 43.9 Å². The Kier molecular flexibility index (Phi) is 3.70. The molecule has 16 heavy (non-hydrogen) atoms. The van der Waals surface area contributed by atoms with Crippen molar-refractivity contribution in [2.45, 2.75) is 51.1 Å². The second-order valence-electron chi connectivity index (χ2n) is 4.55. The van der Waals surface area contributed by atoms with Crippen molar-refractivity contribution in [2.75, 3.05) is 4.90 Å². The Hall–Kier alpha value is -0.760. The van der Waals surface area contributed by atoms with Crippen molar-refractivity contribution in [3.05, 3.63) is 23.9 Å². The van der Waals surface area contributed by atoms with Gasteiger partial charge in [-0.1, -0.05) is 6.92 Å². The van der Waals surface area contributed by atoms with Crippen molar-refractivity contribution in [2.24, 2.45) is 0 Å². The number of alkyl halides is 1. The summed E-state index contributed by atoms with van der Waals surface area (Å²) in [6.45, 7) is 4.53. The highest BCUT2D eigenvalue weighted by Crippen LogP contribution is 2.30. The van der Waals surface area contributed by atoms with Crippen LogP contribution in [-0.2, 0) is 5.88 Å². The first-order valence-corrected chi connectivity index (χ1v) is 6.59. The van der Waals surface area contributed by atoms with Gasteiger partial charge in [0.2, 0.25) is 0 Å². The van der Waals surface area contributed by atoms with Gasteiger partial charge in [-0.25, -0.2) is 4.98 Å². The molecule has 0 aromatic carbocycles. The molecular weight excluding hydrogens is 220 g/mol. The number of hydrogen-bond donors (Lipinski definition) is 0. The minimum Gasteiger partial charge on any atom is -0.351 e. The van der Waals surface area contributed by atoms with E-state index in [2.05, 4.69) is 29.8 Å². The van der Waals surface area contributed by atoms with E-state index in [9.17, 15) is 0 Å². The molecule has 0 amide bonds. The van der Waals surface area contributed by atoms with Gasteiger partial charge in [0.25, 0.3) is 0 Å². The molecule has 88 valence electrons. The molecule has 1 aliphatic rings. The topological polar surface area (TPSA) is 16.1 Å². The van der Waals surface area contributed by atoms with Crippen LogP contribution in [0.1, 0.15) is 38.7 Å². The van der Waals surface area contributed by atoms with Crippen molar-refractivity contribution < 1.29 is 0 Å². The van der Waals surface area contributed by atoms with Crippen LogP contribution in [0.5, 0.6) is 0 Å². The molecule has 2 atom stereocenters. The van der Waals surface area contributed by atoms with E-state index in [0.29, 0.717) is 18.0 Å². The molecule has 0 bridgehead atoms. The second-order valence-corrected chi connectivity index (χ2v) is 4.82. The fraction of sp³-hybridized carbons (Fsp3) is 0.615. The van der Waals surface area contributed by atoms with Gasteiger partial charge in [0.15, 0.2) is 0 Å². The molecule has 1 aliphatic heterocycles. The minimum atomic E-state index is 0.564. The van der Waals surface area contributed by atoms with E-state index in [4.69, 9.17) is 11.6 Å². The molecule has 2 heterocycles. The predicted octanol–water partition coefficient (Wildman–Crippen LogP) is 3.59. The summed E-state index contributed by atoms with van der Waals surface area (Å²) in [4.78, 5) is 6.94. The number of nitrogens with zero attached hydrogens (tertiary/aromatic N) is 2. The third-order valence-corrected chi connectivity index (χ3v) is 3.79. The van der Waals surface area contributed by atoms with Gasteiger partial charge < -0.3 is 4.90 Å². The third-order valence-electron chi connectivity index (χ3n) is 3.49. The summed E-state index contributed by atoms with van der Waals surface area (Å²) in [5.41, 5.74) is 1.15. The molecule has 0 aliphatic carbocycles. The maximum absolute atomic E-state index is 5.87. The molecule has 2 nitrogen and oxygen atoms in total. The Balaban J connectivity index is 2.27. The number of rotatable bonds is 3. The van der Waals surface area contributed by atoms with Crippen LogP contribution in [0.25, 0.3) is 0 Å². The second kappa shape index (κ2) is 5.05. The first kappa shape index (κ1) is 11.7. The highest BCUT2D eigenvalue weighted by atomic mass is 35.5. The van der Waals surface area contributed by atoms with E-state index >= 15 is 0 Å². The van der Waals surface area contributed by atoms with Crippen molar-refractivity contribution in [1.29, 1.82) is 0 Å². The van der Waals surface area contributed by atoms with Crippen molar-refractivity contribution in [3.63, 3.8) is 0 Å². The van der Waals surface area contributed by atoms with Gasteiger partial charge in [-0.2, -0.15) is 0 Å². The molecule has 3 heteroatoms. The zero-order chi connectivity index (χ0) is 11.5. The molecule has 1 aromatic rings. The van der Waals surface area contributed by atoms with Crippen LogP contribution >= 0.6 is 11.6 Å². The van der Waals surface area contributed by atoms with Crippen molar-refractivity contribution in [3.8, 4) is 0 Å². The SMILES string of the molecule is CCC1CCC(C)N1c1cc(CCl)ccn1. The largest absolute Gasteiger partial charge is 0.351 e. The summed E-state index contributed by atoms with van der Waals surface area (Å²) in [5.74, 6) is 1.66. The molecule has 0 saturated carbocycles. The van der Waals surface area contributed by atoms with Gasteiger partial charge >= 0.3 is 0 Å². The van der Waals surface area contributed by atoms with Gasteiger partial charge in [0, 0.05) is 24.2 Å². The quantitative estimate of drug-likeness (QED) is 0.749. The molecular formula is C13H19ClN2. The van der Waals surface area contributed by atoms with Crippen molar-refractivity contribution >= 4 is 17.4 Å². The summed E-state index contributed by atoms with van der Waals surface area (Å²) >= 11 is 5.87. The summed E-state index contributed by atoms with van der Waals surface area (Å²) in [6.07, 6.45) is 5.61. The summed E-state index contributed by atoms with van der Waals surface area (Å²) in [5, 5.41) is 0. The number of pyridine rings is 1. The zero-order valence-electron chi connectivity index (χ0n) is 9.99. The highest BCUT2D eigenvalue weighted by molar-refractivity contribution is 6.17. The molecule has 0 N–H and O–H groups in total. The lowest BCUT2D eigenvalue weighted by molar-refractivity contribution is 0.621. The lowest BCUT2D eigenvalue weighted by Crippen LogP contribution is -2.34. The molecule has 1 fully saturated rings.